The fourth-order valence-corrected chi connectivity index (χ4v) is 2.46. The summed E-state index contributed by atoms with van der Waals surface area (Å²) < 4.78 is 5.40. The molecule has 2 N–H and O–H groups in total. The minimum absolute atomic E-state index is 0.00151. The summed E-state index contributed by atoms with van der Waals surface area (Å²) in [6.07, 6.45) is 2.71. The minimum Gasteiger partial charge on any atom is -0.484 e. The molecule has 0 unspecified atom stereocenters. The zero-order chi connectivity index (χ0) is 16.1. The van der Waals surface area contributed by atoms with Crippen LogP contribution in [0.15, 0.2) is 54.7 Å². The average Bonchev–Trinajstić information content (AvgIpc) is 3.02. The van der Waals surface area contributed by atoms with Crippen molar-refractivity contribution in [2.24, 2.45) is 0 Å². The molecule has 5 heteroatoms. The van der Waals surface area contributed by atoms with E-state index < -0.39 is 0 Å². The Bertz CT molecular complexity index is 796. The Balaban J connectivity index is 1.42. The van der Waals surface area contributed by atoms with Crippen LogP contribution in [0, 0.1) is 0 Å². The quantitative estimate of drug-likeness (QED) is 0.727. The smallest absolute Gasteiger partial charge is 0.257 e. The second-order valence-corrected chi connectivity index (χ2v) is 5.68. The summed E-state index contributed by atoms with van der Waals surface area (Å²) in [4.78, 5) is 14.9. The Labute approximate surface area is 139 Å². The Morgan fingerprint density at radius 1 is 1.13 bits per heavy atom. The van der Waals surface area contributed by atoms with E-state index in [1.807, 2.05) is 12.3 Å². The SMILES string of the molecule is O=C(COc1ccc(Cl)cc1)NCCc1ccc2[nH]ccc2c1. The zero-order valence-electron chi connectivity index (χ0n) is 12.5. The molecule has 118 valence electrons. The van der Waals surface area contributed by atoms with Gasteiger partial charge in [0.1, 0.15) is 5.75 Å². The summed E-state index contributed by atoms with van der Waals surface area (Å²) in [7, 11) is 0. The maximum absolute atomic E-state index is 11.8. The number of aromatic nitrogens is 1. The van der Waals surface area contributed by atoms with Gasteiger partial charge in [-0.2, -0.15) is 0 Å². The largest absolute Gasteiger partial charge is 0.484 e. The summed E-state index contributed by atoms with van der Waals surface area (Å²) in [5, 5.41) is 4.68. The molecule has 0 saturated heterocycles. The molecule has 0 aliphatic rings. The van der Waals surface area contributed by atoms with Crippen LogP contribution in [0.5, 0.6) is 5.75 Å². The van der Waals surface area contributed by atoms with Gasteiger partial charge < -0.3 is 15.0 Å². The van der Waals surface area contributed by atoms with Crippen molar-refractivity contribution in [2.45, 2.75) is 6.42 Å². The van der Waals surface area contributed by atoms with Gasteiger partial charge in [0.25, 0.3) is 5.91 Å². The summed E-state index contributed by atoms with van der Waals surface area (Å²) in [6.45, 7) is 0.581. The first kappa shape index (κ1) is 15.4. The van der Waals surface area contributed by atoms with E-state index in [0.717, 1.165) is 11.9 Å². The third kappa shape index (κ3) is 4.27. The molecule has 0 spiro atoms. The summed E-state index contributed by atoms with van der Waals surface area (Å²) >= 11 is 5.79. The molecule has 0 fully saturated rings. The number of H-pyrrole nitrogens is 1. The van der Waals surface area contributed by atoms with Crippen LogP contribution in [0.25, 0.3) is 10.9 Å². The van der Waals surface area contributed by atoms with Crippen molar-refractivity contribution in [1.29, 1.82) is 0 Å². The highest BCUT2D eigenvalue weighted by Gasteiger charge is 2.03. The van der Waals surface area contributed by atoms with E-state index in [1.54, 1.807) is 24.3 Å². The van der Waals surface area contributed by atoms with E-state index in [4.69, 9.17) is 16.3 Å². The Morgan fingerprint density at radius 2 is 1.96 bits per heavy atom. The van der Waals surface area contributed by atoms with Crippen molar-refractivity contribution >= 4 is 28.4 Å². The zero-order valence-corrected chi connectivity index (χ0v) is 13.3. The lowest BCUT2D eigenvalue weighted by Gasteiger charge is -2.08. The second kappa shape index (κ2) is 7.20. The summed E-state index contributed by atoms with van der Waals surface area (Å²) in [5.74, 6) is 0.491. The van der Waals surface area contributed by atoms with Gasteiger partial charge in [-0.15, -0.1) is 0 Å². The molecule has 1 aromatic heterocycles. The van der Waals surface area contributed by atoms with Crippen LogP contribution in [0.3, 0.4) is 0 Å². The highest BCUT2D eigenvalue weighted by molar-refractivity contribution is 6.30. The van der Waals surface area contributed by atoms with Crippen LogP contribution in [-0.4, -0.2) is 24.0 Å². The second-order valence-electron chi connectivity index (χ2n) is 5.24. The van der Waals surface area contributed by atoms with Gasteiger partial charge >= 0.3 is 0 Å². The number of carbonyl (C=O) groups excluding carboxylic acids is 1. The number of fused-ring (bicyclic) bond motifs is 1. The molecular weight excluding hydrogens is 312 g/mol. The van der Waals surface area contributed by atoms with Crippen molar-refractivity contribution in [1.82, 2.24) is 10.3 Å². The lowest BCUT2D eigenvalue weighted by molar-refractivity contribution is -0.123. The number of nitrogens with one attached hydrogen (secondary N) is 2. The van der Waals surface area contributed by atoms with Crippen molar-refractivity contribution in [3.8, 4) is 5.75 Å². The summed E-state index contributed by atoms with van der Waals surface area (Å²) in [5.41, 5.74) is 2.31. The predicted octanol–water partition coefficient (Wildman–Crippen LogP) is 3.56. The molecule has 0 aliphatic heterocycles. The third-order valence-corrected chi connectivity index (χ3v) is 3.79. The fraction of sp³-hybridized carbons (Fsp3) is 0.167. The maximum Gasteiger partial charge on any atom is 0.257 e. The van der Waals surface area contributed by atoms with Crippen molar-refractivity contribution < 1.29 is 9.53 Å². The highest BCUT2D eigenvalue weighted by atomic mass is 35.5. The lowest BCUT2D eigenvalue weighted by atomic mass is 10.1. The molecule has 1 heterocycles. The minimum atomic E-state index is -0.136. The highest BCUT2D eigenvalue weighted by Crippen LogP contribution is 2.15. The van der Waals surface area contributed by atoms with E-state index in [9.17, 15) is 4.79 Å². The van der Waals surface area contributed by atoms with Crippen LogP contribution in [-0.2, 0) is 11.2 Å². The van der Waals surface area contributed by atoms with Gasteiger partial charge in [0.2, 0.25) is 0 Å². The van der Waals surface area contributed by atoms with Crippen molar-refractivity contribution in [2.75, 3.05) is 13.2 Å². The van der Waals surface area contributed by atoms with Gasteiger partial charge in [-0.25, -0.2) is 0 Å². The molecule has 0 saturated carbocycles. The van der Waals surface area contributed by atoms with Crippen LogP contribution in [0.1, 0.15) is 5.56 Å². The van der Waals surface area contributed by atoms with Crippen LogP contribution in [0.4, 0.5) is 0 Å². The molecule has 1 amide bonds. The number of benzene rings is 2. The van der Waals surface area contributed by atoms with E-state index in [0.29, 0.717) is 17.3 Å². The van der Waals surface area contributed by atoms with Crippen LogP contribution < -0.4 is 10.1 Å². The van der Waals surface area contributed by atoms with Crippen LogP contribution in [0.2, 0.25) is 5.02 Å². The average molecular weight is 329 g/mol. The normalized spacial score (nSPS) is 10.7. The molecule has 4 nitrogen and oxygen atoms in total. The van der Waals surface area contributed by atoms with Gasteiger partial charge in [-0.05, 0) is 59.8 Å². The molecule has 0 bridgehead atoms. The lowest BCUT2D eigenvalue weighted by Crippen LogP contribution is -2.30. The number of carbonyl (C=O) groups is 1. The van der Waals surface area contributed by atoms with Gasteiger partial charge in [0.05, 0.1) is 0 Å². The van der Waals surface area contributed by atoms with E-state index in [1.165, 1.54) is 10.9 Å². The number of halogens is 1. The topological polar surface area (TPSA) is 54.1 Å². The van der Waals surface area contributed by atoms with Gasteiger partial charge in [0, 0.05) is 23.3 Å². The van der Waals surface area contributed by atoms with E-state index >= 15 is 0 Å². The molecule has 3 aromatic rings. The Kier molecular flexibility index (Phi) is 4.83. The van der Waals surface area contributed by atoms with Crippen LogP contribution >= 0.6 is 11.6 Å². The van der Waals surface area contributed by atoms with Gasteiger partial charge in [-0.1, -0.05) is 17.7 Å². The number of amides is 1. The maximum atomic E-state index is 11.8. The number of hydrogen-bond acceptors (Lipinski definition) is 2. The first-order chi connectivity index (χ1) is 11.2. The van der Waals surface area contributed by atoms with E-state index in [2.05, 4.69) is 28.5 Å². The monoisotopic (exact) mass is 328 g/mol. The van der Waals surface area contributed by atoms with Crippen molar-refractivity contribution in [3.05, 3.63) is 65.3 Å². The first-order valence-corrected chi connectivity index (χ1v) is 7.79. The molecular formula is C18H17ClN2O2. The molecule has 0 aliphatic carbocycles. The standard InChI is InChI=1S/C18H17ClN2O2/c19-15-2-4-16(5-3-15)23-12-18(22)21-9-7-13-1-6-17-14(11-13)8-10-20-17/h1-6,8,10-11,20H,7,9,12H2,(H,21,22). The summed E-state index contributed by atoms with van der Waals surface area (Å²) in [6, 6.07) is 15.2. The van der Waals surface area contributed by atoms with Gasteiger partial charge in [-0.3, -0.25) is 4.79 Å². The molecule has 0 radical (unpaired) electrons. The first-order valence-electron chi connectivity index (χ1n) is 7.42. The number of ether oxygens (including phenoxy) is 1. The fourth-order valence-electron chi connectivity index (χ4n) is 2.34. The third-order valence-electron chi connectivity index (χ3n) is 3.54. The van der Waals surface area contributed by atoms with Gasteiger partial charge in [0.15, 0.2) is 6.61 Å². The Hall–Kier alpha value is -2.46. The molecule has 0 atom stereocenters. The Morgan fingerprint density at radius 3 is 2.78 bits per heavy atom. The number of rotatable bonds is 6. The van der Waals surface area contributed by atoms with E-state index in [-0.39, 0.29) is 12.5 Å². The predicted molar refractivity (Wildman–Crippen MR) is 92.0 cm³/mol. The molecule has 2 aromatic carbocycles. The molecule has 3 rings (SSSR count). The molecule has 23 heavy (non-hydrogen) atoms. The van der Waals surface area contributed by atoms with Crippen molar-refractivity contribution in [3.63, 3.8) is 0 Å². The number of hydrogen-bond donors (Lipinski definition) is 2. The number of aromatic amines is 1.